The number of carbonyl (C=O) groups is 2. The smallest absolute Gasteiger partial charge is 0.426 e. The van der Waals surface area contributed by atoms with Crippen LogP contribution in [0.15, 0.2) is 10.5 Å². The Kier molecular flexibility index (Phi) is 8.50. The zero-order valence-corrected chi connectivity index (χ0v) is 21.6. The van der Waals surface area contributed by atoms with Crippen LogP contribution in [0.1, 0.15) is 73.3 Å². The van der Waals surface area contributed by atoms with Crippen molar-refractivity contribution >= 4 is 17.7 Å². The third-order valence-electron chi connectivity index (χ3n) is 7.51. The van der Waals surface area contributed by atoms with Crippen LogP contribution in [-0.2, 0) is 11.8 Å². The van der Waals surface area contributed by atoms with Crippen molar-refractivity contribution in [3.05, 3.63) is 23.2 Å². The lowest BCUT2D eigenvalue weighted by atomic mass is 9.85. The molecule has 2 amide bonds. The number of rotatable bonds is 3. The number of hydrogen-bond donors (Lipinski definition) is 4. The van der Waals surface area contributed by atoms with Gasteiger partial charge in [-0.1, -0.05) is 6.42 Å². The summed E-state index contributed by atoms with van der Waals surface area (Å²) in [7, 11) is 0. The number of nitrogens with zero attached hydrogens (tertiary/aromatic N) is 4. The maximum absolute atomic E-state index is 14.2. The van der Waals surface area contributed by atoms with Gasteiger partial charge in [0.25, 0.3) is 17.7 Å². The van der Waals surface area contributed by atoms with E-state index in [-0.39, 0.29) is 31.7 Å². The van der Waals surface area contributed by atoms with Gasteiger partial charge in [0.1, 0.15) is 5.69 Å². The summed E-state index contributed by atoms with van der Waals surface area (Å²) in [5.74, 6) is -3.13. The highest BCUT2D eigenvalue weighted by Gasteiger charge is 2.58. The van der Waals surface area contributed by atoms with Crippen LogP contribution < -0.4 is 11.1 Å². The molecule has 41 heavy (non-hydrogen) atoms. The number of aromatic nitrogens is 3. The average molecular weight is 595 g/mol. The van der Waals surface area contributed by atoms with E-state index in [1.165, 1.54) is 4.90 Å². The van der Waals surface area contributed by atoms with Crippen molar-refractivity contribution in [3.63, 3.8) is 0 Å². The number of amides is 2. The fourth-order valence-electron chi connectivity index (χ4n) is 5.24. The van der Waals surface area contributed by atoms with Gasteiger partial charge in [0.15, 0.2) is 5.69 Å². The van der Waals surface area contributed by atoms with Crippen LogP contribution in [0.5, 0.6) is 0 Å². The van der Waals surface area contributed by atoms with Crippen molar-refractivity contribution in [1.82, 2.24) is 20.1 Å². The van der Waals surface area contributed by atoms with Crippen LogP contribution in [0.3, 0.4) is 0 Å². The summed E-state index contributed by atoms with van der Waals surface area (Å²) in [6, 6.07) is -0.178. The number of nitrogens with one attached hydrogen (secondary N) is 1. The molecule has 2 aromatic rings. The standard InChI is InChI=1S/C24H28F6N6O5/c25-23(26,27)14-10-15(32-21(38)39)17-18-34-35-20(41-18)22(40,24(28,29)30)8-2-1-3-9-36(19(37)16(14)33-17)13-6-4-12(11-31)5-7-13/h10,12-13,32,40H,1-9,11,31H2,(H,38,39)/t12-,13-,22-/m1/s1. The minimum Gasteiger partial charge on any atom is -0.465 e. The van der Waals surface area contributed by atoms with E-state index in [1.807, 2.05) is 0 Å². The number of anilines is 1. The molecule has 0 radical (unpaired) electrons. The molecule has 0 spiro atoms. The van der Waals surface area contributed by atoms with Gasteiger partial charge in [-0.25, -0.2) is 9.78 Å². The Labute approximate surface area is 229 Å². The van der Waals surface area contributed by atoms with E-state index in [0.717, 1.165) is 0 Å². The second kappa shape index (κ2) is 11.4. The van der Waals surface area contributed by atoms with Gasteiger partial charge < -0.3 is 25.3 Å². The zero-order valence-electron chi connectivity index (χ0n) is 21.6. The quantitative estimate of drug-likeness (QED) is 0.374. The Bertz CT molecular complexity index is 1280. The minimum absolute atomic E-state index is 0.0803. The third kappa shape index (κ3) is 6.24. The van der Waals surface area contributed by atoms with E-state index in [1.54, 1.807) is 5.32 Å². The van der Waals surface area contributed by atoms with Crippen LogP contribution in [0.25, 0.3) is 11.6 Å². The first-order chi connectivity index (χ1) is 19.2. The highest BCUT2D eigenvalue weighted by Crippen LogP contribution is 2.44. The fraction of sp³-hybridized carbons (Fsp3) is 0.625. The lowest BCUT2D eigenvalue weighted by Crippen LogP contribution is -2.44. The molecule has 1 fully saturated rings. The molecule has 0 unspecified atom stereocenters. The summed E-state index contributed by atoms with van der Waals surface area (Å²) in [5.41, 5.74) is -2.19. The number of fused-ring (bicyclic) bond motifs is 5. The van der Waals surface area contributed by atoms with Gasteiger partial charge in [-0.3, -0.25) is 10.1 Å². The molecule has 4 bridgehead atoms. The maximum atomic E-state index is 14.2. The van der Waals surface area contributed by atoms with Crippen molar-refractivity contribution in [2.45, 2.75) is 75.4 Å². The van der Waals surface area contributed by atoms with E-state index in [4.69, 9.17) is 10.2 Å². The van der Waals surface area contributed by atoms with Gasteiger partial charge in [-0.15, -0.1) is 10.2 Å². The highest BCUT2D eigenvalue weighted by molar-refractivity contribution is 5.97. The predicted molar refractivity (Wildman–Crippen MR) is 128 cm³/mol. The second-order valence-corrected chi connectivity index (χ2v) is 10.2. The van der Waals surface area contributed by atoms with Crippen molar-refractivity contribution in [3.8, 4) is 11.6 Å². The summed E-state index contributed by atoms with van der Waals surface area (Å²) in [5, 5.41) is 28.2. The van der Waals surface area contributed by atoms with E-state index in [2.05, 4.69) is 15.2 Å². The molecular formula is C24H28F6N6O5. The van der Waals surface area contributed by atoms with Gasteiger partial charge >= 0.3 is 18.4 Å². The molecule has 1 saturated carbocycles. The molecule has 5 N–H and O–H groups in total. The summed E-state index contributed by atoms with van der Waals surface area (Å²) in [6.07, 6.45) is -11.0. The normalized spacial score (nSPS) is 24.6. The molecule has 4 rings (SSSR count). The summed E-state index contributed by atoms with van der Waals surface area (Å²) < 4.78 is 89.6. The average Bonchev–Trinajstić information content (AvgIpc) is 3.39. The first-order valence-electron chi connectivity index (χ1n) is 12.9. The van der Waals surface area contributed by atoms with Crippen molar-refractivity contribution < 1.29 is 50.6 Å². The Hall–Kier alpha value is -3.47. The van der Waals surface area contributed by atoms with E-state index < -0.39 is 76.8 Å². The van der Waals surface area contributed by atoms with Gasteiger partial charge in [-0.2, -0.15) is 26.3 Å². The maximum Gasteiger partial charge on any atom is 0.426 e. The third-order valence-corrected chi connectivity index (χ3v) is 7.51. The molecule has 1 aliphatic heterocycles. The molecule has 1 aliphatic carbocycles. The topological polar surface area (TPSA) is 168 Å². The SMILES string of the molecule is NC[C@H]1CC[C@H](N2CCCCC[C@](O)(C(F)(F)F)c3nnc(o3)-c3nc(c(C(F)(F)F)cc3NC(=O)O)C2=O)CC1. The highest BCUT2D eigenvalue weighted by atomic mass is 19.4. The lowest BCUT2D eigenvalue weighted by molar-refractivity contribution is -0.277. The first kappa shape index (κ1) is 30.5. The van der Waals surface area contributed by atoms with Crippen LogP contribution in [0.4, 0.5) is 36.8 Å². The first-order valence-corrected chi connectivity index (χ1v) is 12.9. The number of aliphatic hydroxyl groups is 1. The van der Waals surface area contributed by atoms with Crippen molar-refractivity contribution in [2.75, 3.05) is 18.4 Å². The lowest BCUT2D eigenvalue weighted by Gasteiger charge is -2.37. The molecule has 11 nitrogen and oxygen atoms in total. The molecule has 226 valence electrons. The van der Waals surface area contributed by atoms with Gasteiger partial charge in [0.2, 0.25) is 5.60 Å². The Morgan fingerprint density at radius 1 is 1.10 bits per heavy atom. The largest absolute Gasteiger partial charge is 0.465 e. The molecule has 3 heterocycles. The Morgan fingerprint density at radius 2 is 1.78 bits per heavy atom. The number of halogens is 6. The summed E-state index contributed by atoms with van der Waals surface area (Å²) >= 11 is 0. The molecule has 2 aromatic heterocycles. The summed E-state index contributed by atoms with van der Waals surface area (Å²) in [4.78, 5) is 30.2. The number of carboxylic acid groups (broad SMARTS) is 1. The number of nitrogens with two attached hydrogens (primary N) is 1. The summed E-state index contributed by atoms with van der Waals surface area (Å²) in [6.45, 7) is 0.333. The number of pyridine rings is 1. The zero-order chi connectivity index (χ0) is 30.2. The number of carbonyl (C=O) groups excluding carboxylic acids is 1. The van der Waals surface area contributed by atoms with Crippen molar-refractivity contribution in [2.24, 2.45) is 11.7 Å². The van der Waals surface area contributed by atoms with Crippen molar-refractivity contribution in [1.29, 1.82) is 0 Å². The van der Waals surface area contributed by atoms with E-state index in [9.17, 15) is 46.1 Å². The van der Waals surface area contributed by atoms with Crippen LogP contribution in [0, 0.1) is 5.92 Å². The van der Waals surface area contributed by atoms with Gasteiger partial charge in [0, 0.05) is 12.6 Å². The second-order valence-electron chi connectivity index (χ2n) is 10.2. The molecule has 1 atom stereocenters. The molecule has 17 heteroatoms. The minimum atomic E-state index is -5.27. The van der Waals surface area contributed by atoms with Gasteiger partial charge in [0.05, 0.1) is 11.3 Å². The van der Waals surface area contributed by atoms with Crippen LogP contribution in [0.2, 0.25) is 0 Å². The fourth-order valence-corrected chi connectivity index (χ4v) is 5.24. The molecule has 0 aromatic carbocycles. The molecule has 2 aliphatic rings. The predicted octanol–water partition coefficient (Wildman–Crippen LogP) is 4.52. The number of alkyl halides is 6. The van der Waals surface area contributed by atoms with Crippen LogP contribution in [-0.4, -0.2) is 67.6 Å². The van der Waals surface area contributed by atoms with Crippen LogP contribution >= 0.6 is 0 Å². The van der Waals surface area contributed by atoms with Gasteiger partial charge in [-0.05, 0) is 63.5 Å². The molecular weight excluding hydrogens is 566 g/mol. The monoisotopic (exact) mass is 594 g/mol. The Balaban J connectivity index is 1.91. The van der Waals surface area contributed by atoms with E-state index in [0.29, 0.717) is 38.3 Å². The van der Waals surface area contributed by atoms with E-state index >= 15 is 0 Å². The number of hydrogen-bond acceptors (Lipinski definition) is 8. The molecule has 0 saturated heterocycles. The Morgan fingerprint density at radius 3 is 2.37 bits per heavy atom.